The second kappa shape index (κ2) is 35.3. The Bertz CT molecular complexity index is 2710. The molecule has 0 radical (unpaired) electrons. The number of nitrogens with zero attached hydrogens (tertiary/aromatic N) is 6. The van der Waals surface area contributed by atoms with Crippen LogP contribution < -0.4 is 31.9 Å². The molecule has 4 fully saturated rings. The number of likely N-dealkylation sites (N-methyl/N-ethyl adjacent to an activating group) is 1. The summed E-state index contributed by atoms with van der Waals surface area (Å²) >= 11 is 6.19. The molecule has 1 spiro atoms. The van der Waals surface area contributed by atoms with Crippen LogP contribution in [0.5, 0.6) is 0 Å². The molecule has 7 rings (SSSR count). The number of rotatable bonds is 12. The number of carbonyl (C=O) groups excluding carboxylic acids is 1. The minimum atomic E-state index is -4.54. The van der Waals surface area contributed by atoms with Crippen molar-refractivity contribution < 1.29 is 22.4 Å². The monoisotopic (exact) mass is 1290 g/mol. The van der Waals surface area contributed by atoms with Crippen molar-refractivity contribution in [2.45, 2.75) is 239 Å². The van der Waals surface area contributed by atoms with Gasteiger partial charge < -0.3 is 51.5 Å². The molecule has 91 heavy (non-hydrogen) atoms. The van der Waals surface area contributed by atoms with Crippen LogP contribution in [0.4, 0.5) is 17.6 Å². The number of fused-ring (bicyclic) bond motifs is 2. The summed E-state index contributed by atoms with van der Waals surface area (Å²) in [4.78, 5) is 31.4. The van der Waals surface area contributed by atoms with Crippen LogP contribution >= 0.6 is 11.6 Å². The molecule has 2 aromatic rings. The molecule has 1 amide bonds. The summed E-state index contributed by atoms with van der Waals surface area (Å²) < 4.78 is 55.3. The highest BCUT2D eigenvalue weighted by molar-refractivity contribution is 6.31. The standard InChI is InChI=1S/C73H117ClF4N12O/c1-14-51(5)67-45-83-66(42-50(3)4)54(8)82-46-68-69(71(91)88-38-19-16-20-39-88)57(11)90(68)70(52(6)15-2)55(9)85-72(32-17-18-33-72)49-80-36-35-79-34-31-61(29-25-59-26-30-64(65(74)44-59)73(76,77)78)81-37-41-86(12)47-63(43-58-23-27-60(75)28-24-58)87(13)48-62-22-21-40-89(62)56(10)53(7)84-67/h23-24,26-28,30-31,34,37,41,44,47-48,50-57,66-70,80-85H,14-22,25,29,32-33,35-36,38-40,42-43,45-46,49H2,1-13H3/t51-,52-,53?,54?,55?,56-,57?,66-,67+,68?,69-,70-/m0/s1. The van der Waals surface area contributed by atoms with Gasteiger partial charge in [-0.05, 0) is 158 Å². The average Bonchev–Trinajstić information content (AvgIpc) is 1.03. The minimum Gasteiger partial charge on any atom is -0.369 e. The predicted molar refractivity (Wildman–Crippen MR) is 369 cm³/mol. The lowest BCUT2D eigenvalue weighted by molar-refractivity contribution is -0.162. The number of carbonyl (C=O) groups is 1. The van der Waals surface area contributed by atoms with E-state index >= 15 is 0 Å². The fourth-order valence-electron chi connectivity index (χ4n) is 15.1. The molecular formula is C73H117ClF4N12O. The molecule has 3 saturated heterocycles. The molecule has 13 nitrogen and oxygen atoms in total. The number of aryl methyl sites for hydroxylation is 1. The van der Waals surface area contributed by atoms with Crippen molar-refractivity contribution in [3.63, 3.8) is 0 Å². The van der Waals surface area contributed by atoms with Crippen molar-refractivity contribution >= 4 is 23.7 Å². The first-order chi connectivity index (χ1) is 43.4. The van der Waals surface area contributed by atoms with Gasteiger partial charge in [-0.25, -0.2) is 4.39 Å². The summed E-state index contributed by atoms with van der Waals surface area (Å²) in [5.41, 5.74) is 3.88. The topological polar surface area (TPSA) is 118 Å². The highest BCUT2D eigenvalue weighted by atomic mass is 35.5. The number of hydrogen-bond acceptors (Lipinski definition) is 12. The first kappa shape index (κ1) is 73.9. The van der Waals surface area contributed by atoms with E-state index in [0.717, 1.165) is 120 Å². The first-order valence-corrected chi connectivity index (χ1v) is 35.4. The van der Waals surface area contributed by atoms with E-state index in [0.29, 0.717) is 61.6 Å². The summed E-state index contributed by atoms with van der Waals surface area (Å²) in [7, 11) is 4.08. The van der Waals surface area contributed by atoms with Crippen LogP contribution in [0.25, 0.3) is 0 Å². The van der Waals surface area contributed by atoms with Crippen LogP contribution in [0.2, 0.25) is 5.02 Å². The molecule has 2 aromatic carbocycles. The molecule has 6 N–H and O–H groups in total. The van der Waals surface area contributed by atoms with Gasteiger partial charge in [0.05, 0.1) is 23.0 Å². The third kappa shape index (κ3) is 21.0. The number of halogens is 5. The van der Waals surface area contributed by atoms with Crippen LogP contribution in [-0.4, -0.2) is 163 Å². The average molecular weight is 1290 g/mol. The Labute approximate surface area is 551 Å². The van der Waals surface area contributed by atoms with E-state index < -0.39 is 11.7 Å². The second-order valence-electron chi connectivity index (χ2n) is 28.3. The van der Waals surface area contributed by atoms with E-state index in [-0.39, 0.29) is 76.7 Å². The van der Waals surface area contributed by atoms with E-state index in [4.69, 9.17) is 16.6 Å². The number of alkyl halides is 3. The third-order valence-electron chi connectivity index (χ3n) is 21.0. The van der Waals surface area contributed by atoms with Gasteiger partial charge in [-0.1, -0.05) is 97.0 Å². The SMILES string of the molecule is CC[C@H](C)[C@H]1C(C)NC2(CCCC2)CNCCN=CC=C(CCc2ccc(C(F)(F)F)c(Cl)c2)NC=CN(C)C=C(Cc2ccc(F)cc2)N(C)C=C2CCCN2[C@@H](C)C(C)N[C@@H]([C@@H](C)CC)CN[C@@H](CC(C)C)C(C)NCC2[C@@H](C(=O)N3CCCCC3)C(C)N21. The normalized spacial score (nSPS) is 28.7. The van der Waals surface area contributed by atoms with Gasteiger partial charge in [-0.15, -0.1) is 0 Å². The largest absolute Gasteiger partial charge is 0.417 e. The van der Waals surface area contributed by atoms with Crippen molar-refractivity contribution in [1.82, 2.24) is 56.4 Å². The van der Waals surface area contributed by atoms with Gasteiger partial charge in [-0.3, -0.25) is 14.7 Å². The molecule has 4 heterocycles. The van der Waals surface area contributed by atoms with Gasteiger partial charge in [0.15, 0.2) is 0 Å². The predicted octanol–water partition coefficient (Wildman–Crippen LogP) is 13.1. The zero-order valence-corrected chi connectivity index (χ0v) is 58.5. The van der Waals surface area contributed by atoms with Crippen molar-refractivity contribution in [2.24, 2.45) is 28.7 Å². The number of nitrogens with one attached hydrogen (secondary N) is 6. The van der Waals surface area contributed by atoms with Gasteiger partial charge in [-0.2, -0.15) is 13.2 Å². The number of allylic oxidation sites excluding steroid dienone is 4. The van der Waals surface area contributed by atoms with E-state index in [1.165, 1.54) is 49.2 Å². The molecule has 5 unspecified atom stereocenters. The molecular weight excluding hydrogens is 1170 g/mol. The maximum atomic E-state index is 14.9. The summed E-state index contributed by atoms with van der Waals surface area (Å²) in [6, 6.07) is 12.3. The van der Waals surface area contributed by atoms with Gasteiger partial charge in [0, 0.05) is 174 Å². The summed E-state index contributed by atoms with van der Waals surface area (Å²) in [5.74, 6) is 1.32. The lowest BCUT2D eigenvalue weighted by atomic mass is 9.74. The van der Waals surface area contributed by atoms with Crippen LogP contribution in [0, 0.1) is 29.5 Å². The van der Waals surface area contributed by atoms with Crippen LogP contribution in [0.15, 0.2) is 95.4 Å². The second-order valence-corrected chi connectivity index (χ2v) is 28.7. The molecule has 4 aliphatic heterocycles. The number of piperidine rings is 1. The van der Waals surface area contributed by atoms with E-state index in [1.54, 1.807) is 0 Å². The van der Waals surface area contributed by atoms with Crippen molar-refractivity contribution in [2.75, 3.05) is 66.5 Å². The van der Waals surface area contributed by atoms with Crippen LogP contribution in [0.3, 0.4) is 0 Å². The zero-order valence-electron chi connectivity index (χ0n) is 57.8. The van der Waals surface area contributed by atoms with Crippen LogP contribution in [0.1, 0.15) is 176 Å². The highest BCUT2D eigenvalue weighted by Gasteiger charge is 2.55. The smallest absolute Gasteiger partial charge is 0.369 e. The van der Waals surface area contributed by atoms with Gasteiger partial charge >= 0.3 is 6.18 Å². The Morgan fingerprint density at radius 1 is 0.802 bits per heavy atom. The molecule has 1 saturated carbocycles. The van der Waals surface area contributed by atoms with Crippen molar-refractivity contribution in [3.05, 3.63) is 118 Å². The quantitative estimate of drug-likeness (QED) is 0.114. The number of aliphatic imine (C=N–C) groups is 1. The van der Waals surface area contributed by atoms with E-state index in [9.17, 15) is 22.4 Å². The molecule has 0 aromatic heterocycles. The number of likely N-dealkylation sites (tertiary alicyclic amines) is 1. The fourth-order valence-corrected chi connectivity index (χ4v) is 15.4. The molecule has 0 bridgehead atoms. The molecule has 18 heteroatoms. The number of hydrogen-bond donors (Lipinski definition) is 6. The van der Waals surface area contributed by atoms with Crippen LogP contribution in [-0.2, 0) is 23.8 Å². The molecule has 5 aliphatic rings. The summed E-state index contributed by atoms with van der Waals surface area (Å²) in [6.07, 6.45) is 21.9. The summed E-state index contributed by atoms with van der Waals surface area (Å²) in [6.45, 7) is 32.3. The maximum Gasteiger partial charge on any atom is 0.417 e. The Kier molecular flexibility index (Phi) is 28.7. The number of benzene rings is 2. The molecule has 1 aliphatic carbocycles. The zero-order chi connectivity index (χ0) is 66.0. The fraction of sp³-hybridized carbons (Fsp3) is 0.699. The first-order valence-electron chi connectivity index (χ1n) is 35.0. The third-order valence-corrected chi connectivity index (χ3v) is 21.3. The Morgan fingerprint density at radius 3 is 2.18 bits per heavy atom. The van der Waals surface area contributed by atoms with Crippen molar-refractivity contribution in [3.8, 4) is 0 Å². The van der Waals surface area contributed by atoms with Crippen molar-refractivity contribution in [1.29, 1.82) is 0 Å². The van der Waals surface area contributed by atoms with E-state index in [1.807, 2.05) is 48.8 Å². The lowest BCUT2D eigenvalue weighted by Gasteiger charge is -2.60. The summed E-state index contributed by atoms with van der Waals surface area (Å²) in [5, 5.41) is 23.8. The number of amides is 1. The van der Waals surface area contributed by atoms with Gasteiger partial charge in [0.1, 0.15) is 5.82 Å². The Morgan fingerprint density at radius 2 is 1.51 bits per heavy atom. The Balaban J connectivity index is 1.21. The highest BCUT2D eigenvalue weighted by Crippen LogP contribution is 2.42. The lowest BCUT2D eigenvalue weighted by Crippen LogP contribution is -2.76. The molecule has 510 valence electrons. The van der Waals surface area contributed by atoms with E-state index in [2.05, 4.69) is 147 Å². The van der Waals surface area contributed by atoms with Gasteiger partial charge in [0.2, 0.25) is 5.91 Å². The molecule has 12 atom stereocenters. The van der Waals surface area contributed by atoms with Gasteiger partial charge in [0.25, 0.3) is 0 Å². The Hall–Kier alpha value is -4.49. The minimum absolute atomic E-state index is 0.0669. The maximum absolute atomic E-state index is 14.9.